The van der Waals surface area contributed by atoms with E-state index in [-0.39, 0.29) is 24.7 Å². The minimum Gasteiger partial charge on any atom is -0.504 e. The molecular formula is C14H19NO5. The molecule has 3 N–H and O–H groups in total. The van der Waals surface area contributed by atoms with Crippen LogP contribution in [0.15, 0.2) is 24.3 Å². The molecule has 1 rings (SSSR count). The maximum atomic E-state index is 11.5. The van der Waals surface area contributed by atoms with E-state index in [1.807, 2.05) is 6.92 Å². The van der Waals surface area contributed by atoms with Crippen molar-refractivity contribution in [2.45, 2.75) is 19.8 Å². The summed E-state index contributed by atoms with van der Waals surface area (Å²) in [7, 11) is 0. The standard InChI is InChI=1S/C14H19NO5/c1-2-5-10(14(18)19)8-15-13(17)9-20-12-7-4-3-6-11(12)16/h3-4,6-7,10,16H,2,5,8-9H2,1H3,(H,15,17)(H,18,19). The molecule has 0 saturated heterocycles. The lowest BCUT2D eigenvalue weighted by Crippen LogP contribution is -2.35. The summed E-state index contributed by atoms with van der Waals surface area (Å²) in [5.74, 6) is -1.76. The SMILES string of the molecule is CCCC(CNC(=O)COc1ccccc1O)C(=O)O. The largest absolute Gasteiger partial charge is 0.504 e. The number of para-hydroxylation sites is 2. The third-order valence-corrected chi connectivity index (χ3v) is 2.76. The highest BCUT2D eigenvalue weighted by Gasteiger charge is 2.17. The van der Waals surface area contributed by atoms with Crippen molar-refractivity contribution in [3.05, 3.63) is 24.3 Å². The summed E-state index contributed by atoms with van der Waals surface area (Å²) in [5, 5.41) is 20.9. The zero-order chi connectivity index (χ0) is 15.0. The van der Waals surface area contributed by atoms with Gasteiger partial charge in [-0.2, -0.15) is 0 Å². The maximum Gasteiger partial charge on any atom is 0.308 e. The average molecular weight is 281 g/mol. The number of benzene rings is 1. The Hall–Kier alpha value is -2.24. The number of hydrogen-bond donors (Lipinski definition) is 3. The van der Waals surface area contributed by atoms with Gasteiger partial charge in [-0.3, -0.25) is 9.59 Å². The Kier molecular flexibility index (Phi) is 6.36. The Balaban J connectivity index is 2.37. The van der Waals surface area contributed by atoms with E-state index < -0.39 is 17.8 Å². The third-order valence-electron chi connectivity index (χ3n) is 2.76. The molecule has 0 aliphatic heterocycles. The Morgan fingerprint density at radius 3 is 2.65 bits per heavy atom. The first kappa shape index (κ1) is 15.8. The molecule has 0 bridgehead atoms. The van der Waals surface area contributed by atoms with Crippen molar-refractivity contribution < 1.29 is 24.5 Å². The molecule has 0 spiro atoms. The Labute approximate surface area is 117 Å². The van der Waals surface area contributed by atoms with Gasteiger partial charge in [0, 0.05) is 6.54 Å². The molecule has 1 aromatic carbocycles. The Bertz CT molecular complexity index is 461. The molecule has 110 valence electrons. The lowest BCUT2D eigenvalue weighted by atomic mass is 10.0. The van der Waals surface area contributed by atoms with Gasteiger partial charge in [0.15, 0.2) is 18.1 Å². The lowest BCUT2D eigenvalue weighted by Gasteiger charge is -2.13. The molecule has 0 saturated carbocycles. The summed E-state index contributed by atoms with van der Waals surface area (Å²) < 4.78 is 5.14. The molecule has 20 heavy (non-hydrogen) atoms. The third kappa shape index (κ3) is 5.17. The van der Waals surface area contributed by atoms with Crippen LogP contribution in [0.1, 0.15) is 19.8 Å². The van der Waals surface area contributed by atoms with Crippen molar-refractivity contribution in [2.24, 2.45) is 5.92 Å². The van der Waals surface area contributed by atoms with E-state index in [0.717, 1.165) is 6.42 Å². The molecule has 1 atom stereocenters. The van der Waals surface area contributed by atoms with Crippen LogP contribution in [0.25, 0.3) is 0 Å². The highest BCUT2D eigenvalue weighted by atomic mass is 16.5. The highest BCUT2D eigenvalue weighted by molar-refractivity contribution is 5.78. The monoisotopic (exact) mass is 281 g/mol. The van der Waals surface area contributed by atoms with Crippen LogP contribution in [0.3, 0.4) is 0 Å². The molecule has 1 unspecified atom stereocenters. The van der Waals surface area contributed by atoms with Crippen LogP contribution in [0, 0.1) is 5.92 Å². The quantitative estimate of drug-likeness (QED) is 0.669. The second-order valence-electron chi connectivity index (χ2n) is 4.38. The van der Waals surface area contributed by atoms with E-state index in [1.165, 1.54) is 6.07 Å². The highest BCUT2D eigenvalue weighted by Crippen LogP contribution is 2.23. The van der Waals surface area contributed by atoms with Crippen LogP contribution in [0.2, 0.25) is 0 Å². The molecule has 0 heterocycles. The summed E-state index contributed by atoms with van der Waals surface area (Å²) in [6.45, 7) is 1.70. The van der Waals surface area contributed by atoms with Gasteiger partial charge in [0.2, 0.25) is 0 Å². The van der Waals surface area contributed by atoms with Crippen molar-refractivity contribution in [1.82, 2.24) is 5.32 Å². The number of carboxylic acids is 1. The van der Waals surface area contributed by atoms with Gasteiger partial charge in [0.25, 0.3) is 5.91 Å². The summed E-state index contributed by atoms with van der Waals surface area (Å²) >= 11 is 0. The fraction of sp³-hybridized carbons (Fsp3) is 0.429. The molecule has 6 heteroatoms. The van der Waals surface area contributed by atoms with Gasteiger partial charge in [0.05, 0.1) is 5.92 Å². The topological polar surface area (TPSA) is 95.9 Å². The van der Waals surface area contributed by atoms with E-state index in [2.05, 4.69) is 5.32 Å². The maximum absolute atomic E-state index is 11.5. The van der Waals surface area contributed by atoms with Gasteiger partial charge < -0.3 is 20.3 Å². The summed E-state index contributed by atoms with van der Waals surface area (Å²) in [5.41, 5.74) is 0. The average Bonchev–Trinajstić information content (AvgIpc) is 2.42. The normalized spacial score (nSPS) is 11.7. The van der Waals surface area contributed by atoms with E-state index in [9.17, 15) is 14.7 Å². The summed E-state index contributed by atoms with van der Waals surface area (Å²) in [4.78, 5) is 22.5. The zero-order valence-electron chi connectivity index (χ0n) is 11.3. The van der Waals surface area contributed by atoms with Gasteiger partial charge in [-0.1, -0.05) is 25.5 Å². The molecule has 0 aliphatic carbocycles. The van der Waals surface area contributed by atoms with E-state index in [4.69, 9.17) is 9.84 Å². The number of carboxylic acid groups (broad SMARTS) is 1. The predicted molar refractivity (Wildman–Crippen MR) is 72.6 cm³/mol. The van der Waals surface area contributed by atoms with E-state index >= 15 is 0 Å². The van der Waals surface area contributed by atoms with Gasteiger partial charge >= 0.3 is 5.97 Å². The number of phenols is 1. The Morgan fingerprint density at radius 1 is 1.35 bits per heavy atom. The molecule has 1 amide bonds. The van der Waals surface area contributed by atoms with Crippen LogP contribution < -0.4 is 10.1 Å². The predicted octanol–water partition coefficient (Wildman–Crippen LogP) is 1.39. The van der Waals surface area contributed by atoms with Gasteiger partial charge in [-0.15, -0.1) is 0 Å². The molecule has 0 fully saturated rings. The number of amides is 1. The molecule has 0 radical (unpaired) electrons. The second-order valence-corrected chi connectivity index (χ2v) is 4.38. The minimum atomic E-state index is -0.922. The van der Waals surface area contributed by atoms with Crippen molar-refractivity contribution in [2.75, 3.05) is 13.2 Å². The number of phenolic OH excluding ortho intramolecular Hbond substituents is 1. The first-order valence-corrected chi connectivity index (χ1v) is 6.44. The van der Waals surface area contributed by atoms with Crippen LogP contribution in [-0.4, -0.2) is 35.2 Å². The first-order valence-electron chi connectivity index (χ1n) is 6.44. The summed E-state index contributed by atoms with van der Waals surface area (Å²) in [6, 6.07) is 6.31. The minimum absolute atomic E-state index is 0.0466. The van der Waals surface area contributed by atoms with Crippen molar-refractivity contribution in [3.63, 3.8) is 0 Å². The number of carbonyl (C=O) groups excluding carboxylic acids is 1. The molecular weight excluding hydrogens is 262 g/mol. The number of nitrogens with one attached hydrogen (secondary N) is 1. The number of hydrogen-bond acceptors (Lipinski definition) is 4. The smallest absolute Gasteiger partial charge is 0.308 e. The van der Waals surface area contributed by atoms with E-state index in [0.29, 0.717) is 6.42 Å². The fourth-order valence-electron chi connectivity index (χ4n) is 1.67. The summed E-state index contributed by atoms with van der Waals surface area (Å²) in [6.07, 6.45) is 1.25. The fourth-order valence-corrected chi connectivity index (χ4v) is 1.67. The number of aromatic hydroxyl groups is 1. The van der Waals surface area contributed by atoms with Crippen molar-refractivity contribution in [1.29, 1.82) is 0 Å². The molecule has 0 aliphatic rings. The molecule has 6 nitrogen and oxygen atoms in total. The van der Waals surface area contributed by atoms with Crippen LogP contribution in [0.4, 0.5) is 0 Å². The first-order chi connectivity index (χ1) is 9.54. The van der Waals surface area contributed by atoms with E-state index in [1.54, 1.807) is 18.2 Å². The number of aliphatic carboxylic acids is 1. The Morgan fingerprint density at radius 2 is 2.05 bits per heavy atom. The van der Waals surface area contributed by atoms with Crippen molar-refractivity contribution >= 4 is 11.9 Å². The van der Waals surface area contributed by atoms with Gasteiger partial charge in [-0.05, 0) is 18.6 Å². The second kappa shape index (κ2) is 8.04. The zero-order valence-corrected chi connectivity index (χ0v) is 11.3. The van der Waals surface area contributed by atoms with Crippen LogP contribution in [-0.2, 0) is 9.59 Å². The van der Waals surface area contributed by atoms with Gasteiger partial charge in [-0.25, -0.2) is 0 Å². The lowest BCUT2D eigenvalue weighted by molar-refractivity contribution is -0.142. The molecule has 0 aromatic heterocycles. The van der Waals surface area contributed by atoms with Crippen molar-refractivity contribution in [3.8, 4) is 11.5 Å². The molecule has 1 aromatic rings. The van der Waals surface area contributed by atoms with Crippen LogP contribution in [0.5, 0.6) is 11.5 Å². The van der Waals surface area contributed by atoms with Crippen LogP contribution >= 0.6 is 0 Å². The number of carbonyl (C=O) groups is 2. The number of ether oxygens (including phenoxy) is 1. The number of rotatable bonds is 8. The van der Waals surface area contributed by atoms with Gasteiger partial charge in [0.1, 0.15) is 0 Å².